The average Bonchev–Trinajstić information content (AvgIpc) is 2.60. The first kappa shape index (κ1) is 20.8. The van der Waals surface area contributed by atoms with Gasteiger partial charge in [-0.25, -0.2) is 9.38 Å². The minimum Gasteiger partial charge on any atom is -0.357 e. The molecule has 1 aromatic carbocycles. The van der Waals surface area contributed by atoms with E-state index in [0.717, 1.165) is 5.69 Å². The molecule has 2 rings (SSSR count). The SMILES string of the molecule is CCNC(=NCc1ccccn1)NCC(=O)Nc1ccc(F)cc1.I. The minimum absolute atomic E-state index is 0. The lowest BCUT2D eigenvalue weighted by atomic mass is 10.3. The van der Waals surface area contributed by atoms with Gasteiger partial charge in [-0.05, 0) is 43.3 Å². The summed E-state index contributed by atoms with van der Waals surface area (Å²) in [5, 5.41) is 8.69. The summed E-state index contributed by atoms with van der Waals surface area (Å²) in [6.45, 7) is 3.07. The quantitative estimate of drug-likeness (QED) is 0.354. The van der Waals surface area contributed by atoms with Crippen molar-refractivity contribution in [3.05, 3.63) is 60.2 Å². The fraction of sp³-hybridized carbons (Fsp3) is 0.235. The number of pyridine rings is 1. The molecular weight excluding hydrogens is 436 g/mol. The second-order valence-electron chi connectivity index (χ2n) is 4.92. The van der Waals surface area contributed by atoms with E-state index in [1.54, 1.807) is 6.20 Å². The summed E-state index contributed by atoms with van der Waals surface area (Å²) >= 11 is 0. The average molecular weight is 457 g/mol. The molecule has 0 fully saturated rings. The number of hydrogen-bond donors (Lipinski definition) is 3. The third kappa shape index (κ3) is 7.92. The highest BCUT2D eigenvalue weighted by Gasteiger charge is 2.04. The molecule has 0 bridgehead atoms. The number of carbonyl (C=O) groups excluding carboxylic acids is 1. The number of aromatic nitrogens is 1. The molecule has 3 N–H and O–H groups in total. The van der Waals surface area contributed by atoms with Crippen LogP contribution in [0.15, 0.2) is 53.7 Å². The van der Waals surface area contributed by atoms with Gasteiger partial charge in [-0.1, -0.05) is 6.07 Å². The number of aliphatic imine (C=N–C) groups is 1. The number of amides is 1. The van der Waals surface area contributed by atoms with Gasteiger partial charge < -0.3 is 16.0 Å². The van der Waals surface area contributed by atoms with E-state index in [2.05, 4.69) is 25.9 Å². The number of carbonyl (C=O) groups is 1. The summed E-state index contributed by atoms with van der Waals surface area (Å²) in [5.74, 6) is -0.0651. The zero-order valence-corrected chi connectivity index (χ0v) is 16.2. The Morgan fingerprint density at radius 2 is 1.92 bits per heavy atom. The smallest absolute Gasteiger partial charge is 0.243 e. The molecular formula is C17H21FIN5O. The van der Waals surface area contributed by atoms with Crippen LogP contribution < -0.4 is 16.0 Å². The first-order chi connectivity index (χ1) is 11.7. The second-order valence-corrected chi connectivity index (χ2v) is 4.92. The molecule has 0 spiro atoms. The number of guanidine groups is 1. The summed E-state index contributed by atoms with van der Waals surface area (Å²) in [6.07, 6.45) is 1.71. The Morgan fingerprint density at radius 1 is 1.16 bits per heavy atom. The van der Waals surface area contributed by atoms with Gasteiger partial charge in [0.15, 0.2) is 5.96 Å². The van der Waals surface area contributed by atoms with Gasteiger partial charge in [-0.15, -0.1) is 24.0 Å². The third-order valence-electron chi connectivity index (χ3n) is 3.01. The normalized spacial score (nSPS) is 10.6. The molecule has 0 saturated heterocycles. The lowest BCUT2D eigenvalue weighted by Crippen LogP contribution is -2.41. The van der Waals surface area contributed by atoms with E-state index in [0.29, 0.717) is 24.7 Å². The highest BCUT2D eigenvalue weighted by atomic mass is 127. The Morgan fingerprint density at radius 3 is 2.56 bits per heavy atom. The van der Waals surface area contributed by atoms with Gasteiger partial charge in [0.2, 0.25) is 5.91 Å². The number of halogens is 2. The van der Waals surface area contributed by atoms with Crippen molar-refractivity contribution >= 4 is 41.5 Å². The molecule has 25 heavy (non-hydrogen) atoms. The van der Waals surface area contributed by atoms with Gasteiger partial charge in [-0.3, -0.25) is 9.78 Å². The predicted molar refractivity (Wildman–Crippen MR) is 108 cm³/mol. The number of anilines is 1. The number of nitrogens with one attached hydrogen (secondary N) is 3. The Bertz CT molecular complexity index is 679. The Balaban J connectivity index is 0.00000312. The van der Waals surface area contributed by atoms with Gasteiger partial charge in [0.1, 0.15) is 5.82 Å². The number of rotatable bonds is 6. The maximum Gasteiger partial charge on any atom is 0.243 e. The Labute approximate surface area is 163 Å². The standard InChI is InChI=1S/C17H20FN5O.HI/c1-2-19-17(21-11-15-5-3-4-10-20-15)22-12-16(24)23-14-8-6-13(18)7-9-14;/h3-10H,2,11-12H2,1H3,(H,23,24)(H2,19,21,22);1H. The molecule has 8 heteroatoms. The van der Waals surface area contributed by atoms with Crippen LogP contribution in [0.1, 0.15) is 12.6 Å². The van der Waals surface area contributed by atoms with Crippen LogP contribution in [0.2, 0.25) is 0 Å². The van der Waals surface area contributed by atoms with Gasteiger partial charge in [0.05, 0.1) is 18.8 Å². The van der Waals surface area contributed by atoms with E-state index in [-0.39, 0.29) is 42.2 Å². The molecule has 0 aliphatic carbocycles. The largest absolute Gasteiger partial charge is 0.357 e. The van der Waals surface area contributed by atoms with E-state index in [4.69, 9.17) is 0 Å². The molecule has 0 aliphatic heterocycles. The molecule has 1 heterocycles. The number of nitrogens with zero attached hydrogens (tertiary/aromatic N) is 2. The molecule has 0 atom stereocenters. The van der Waals surface area contributed by atoms with Gasteiger partial charge in [0, 0.05) is 18.4 Å². The van der Waals surface area contributed by atoms with Crippen molar-refractivity contribution in [1.82, 2.24) is 15.6 Å². The first-order valence-electron chi connectivity index (χ1n) is 7.65. The molecule has 134 valence electrons. The van der Waals surface area contributed by atoms with Crippen LogP contribution in [0, 0.1) is 5.82 Å². The van der Waals surface area contributed by atoms with Crippen molar-refractivity contribution in [3.8, 4) is 0 Å². The summed E-state index contributed by atoms with van der Waals surface area (Å²) in [6, 6.07) is 11.2. The molecule has 0 radical (unpaired) electrons. The van der Waals surface area contributed by atoms with E-state index < -0.39 is 0 Å². The lowest BCUT2D eigenvalue weighted by Gasteiger charge is -2.11. The topological polar surface area (TPSA) is 78.4 Å². The summed E-state index contributed by atoms with van der Waals surface area (Å²) in [7, 11) is 0. The van der Waals surface area contributed by atoms with Crippen molar-refractivity contribution < 1.29 is 9.18 Å². The Kier molecular flexibility index (Phi) is 9.45. The van der Waals surface area contributed by atoms with Crippen LogP contribution >= 0.6 is 24.0 Å². The third-order valence-corrected chi connectivity index (χ3v) is 3.01. The van der Waals surface area contributed by atoms with Crippen LogP contribution in [0.25, 0.3) is 0 Å². The van der Waals surface area contributed by atoms with Crippen LogP contribution in [0.5, 0.6) is 0 Å². The maximum atomic E-state index is 12.8. The molecule has 1 amide bonds. The van der Waals surface area contributed by atoms with Crippen molar-refractivity contribution in [1.29, 1.82) is 0 Å². The fourth-order valence-electron chi connectivity index (χ4n) is 1.90. The van der Waals surface area contributed by atoms with E-state index in [1.165, 1.54) is 24.3 Å². The van der Waals surface area contributed by atoms with Crippen molar-refractivity contribution in [2.75, 3.05) is 18.4 Å². The summed E-state index contributed by atoms with van der Waals surface area (Å²) < 4.78 is 12.8. The maximum absolute atomic E-state index is 12.8. The van der Waals surface area contributed by atoms with Crippen molar-refractivity contribution in [2.45, 2.75) is 13.5 Å². The van der Waals surface area contributed by atoms with E-state index >= 15 is 0 Å². The van der Waals surface area contributed by atoms with Crippen LogP contribution in [-0.2, 0) is 11.3 Å². The first-order valence-corrected chi connectivity index (χ1v) is 7.65. The second kappa shape index (κ2) is 11.3. The number of hydrogen-bond acceptors (Lipinski definition) is 3. The monoisotopic (exact) mass is 457 g/mol. The molecule has 6 nitrogen and oxygen atoms in total. The van der Waals surface area contributed by atoms with Crippen molar-refractivity contribution in [2.24, 2.45) is 4.99 Å². The van der Waals surface area contributed by atoms with Gasteiger partial charge in [-0.2, -0.15) is 0 Å². The van der Waals surface area contributed by atoms with Gasteiger partial charge in [0.25, 0.3) is 0 Å². The summed E-state index contributed by atoms with van der Waals surface area (Å²) in [5.41, 5.74) is 1.38. The van der Waals surface area contributed by atoms with E-state index in [1.807, 2.05) is 25.1 Å². The molecule has 1 aromatic heterocycles. The highest BCUT2D eigenvalue weighted by molar-refractivity contribution is 14.0. The molecule has 2 aromatic rings. The molecule has 0 unspecified atom stereocenters. The fourth-order valence-corrected chi connectivity index (χ4v) is 1.90. The minimum atomic E-state index is -0.345. The molecule has 0 aliphatic rings. The van der Waals surface area contributed by atoms with Crippen LogP contribution in [-0.4, -0.2) is 29.9 Å². The van der Waals surface area contributed by atoms with E-state index in [9.17, 15) is 9.18 Å². The van der Waals surface area contributed by atoms with Crippen LogP contribution in [0.3, 0.4) is 0 Å². The van der Waals surface area contributed by atoms with Gasteiger partial charge >= 0.3 is 0 Å². The van der Waals surface area contributed by atoms with Crippen molar-refractivity contribution in [3.63, 3.8) is 0 Å². The Hall–Kier alpha value is -2.23. The zero-order valence-electron chi connectivity index (χ0n) is 13.8. The van der Waals surface area contributed by atoms with Crippen LogP contribution in [0.4, 0.5) is 10.1 Å². The molecule has 0 saturated carbocycles. The highest BCUT2D eigenvalue weighted by Crippen LogP contribution is 2.07. The lowest BCUT2D eigenvalue weighted by molar-refractivity contribution is -0.115. The number of benzene rings is 1. The summed E-state index contributed by atoms with van der Waals surface area (Å²) in [4.78, 5) is 20.5. The zero-order chi connectivity index (χ0) is 17.2. The predicted octanol–water partition coefficient (Wildman–Crippen LogP) is 2.53.